The summed E-state index contributed by atoms with van der Waals surface area (Å²) in [5.74, 6) is 0.887. The molecule has 0 N–H and O–H groups in total. The Balaban J connectivity index is 2.09. The first kappa shape index (κ1) is 10.9. The Hall–Kier alpha value is -2.22. The molecule has 0 bridgehead atoms. The topological polar surface area (TPSA) is 12.5 Å². The van der Waals surface area contributed by atoms with E-state index < -0.39 is 0 Å². The molecule has 1 aliphatic heterocycles. The number of aryl methyl sites for hydroxylation is 2. The summed E-state index contributed by atoms with van der Waals surface area (Å²) in [7, 11) is 0. The van der Waals surface area contributed by atoms with E-state index in [1.807, 2.05) is 24.4 Å². The van der Waals surface area contributed by atoms with Crippen molar-refractivity contribution in [3.63, 3.8) is 0 Å². The average Bonchev–Trinajstić information content (AvgIpc) is 2.41. The molecule has 3 rings (SSSR count). The summed E-state index contributed by atoms with van der Waals surface area (Å²) in [5, 5.41) is 0. The molecule has 1 heterocycles. The first-order chi connectivity index (χ1) is 8.75. The highest BCUT2D eigenvalue weighted by Gasteiger charge is 2.15. The van der Waals surface area contributed by atoms with Crippen LogP contribution in [0.25, 0.3) is 0 Å². The molecule has 2 aromatic carbocycles. The fraction of sp³-hybridized carbons (Fsp3) is 0.125. The number of benzene rings is 2. The molecule has 0 radical (unpaired) electrons. The van der Waals surface area contributed by atoms with Gasteiger partial charge in [-0.2, -0.15) is 0 Å². The van der Waals surface area contributed by atoms with Crippen molar-refractivity contribution in [1.82, 2.24) is 0 Å². The molecule has 2 aromatic rings. The maximum atomic E-state index is 5.51. The molecule has 0 atom stereocenters. The molecule has 0 aromatic heterocycles. The second-order valence-electron chi connectivity index (χ2n) is 4.51. The summed E-state index contributed by atoms with van der Waals surface area (Å²) in [5.41, 5.74) is 4.84. The predicted octanol–water partition coefficient (Wildman–Crippen LogP) is 4.31. The average molecular weight is 237 g/mol. The summed E-state index contributed by atoms with van der Waals surface area (Å²) in [6.07, 6.45) is 3.67. The first-order valence-electron chi connectivity index (χ1n) is 6.04. The molecule has 0 saturated heterocycles. The molecule has 2 nitrogen and oxygen atoms in total. The minimum absolute atomic E-state index is 0.887. The number of rotatable bonds is 1. The van der Waals surface area contributed by atoms with E-state index in [9.17, 15) is 0 Å². The van der Waals surface area contributed by atoms with Gasteiger partial charge in [-0.25, -0.2) is 0 Å². The Morgan fingerprint density at radius 3 is 2.61 bits per heavy atom. The van der Waals surface area contributed by atoms with Crippen LogP contribution in [0, 0.1) is 13.8 Å². The minimum atomic E-state index is 0.887. The lowest BCUT2D eigenvalue weighted by atomic mass is 10.1. The van der Waals surface area contributed by atoms with E-state index in [-0.39, 0.29) is 0 Å². The van der Waals surface area contributed by atoms with Gasteiger partial charge in [0.2, 0.25) is 0 Å². The molecular formula is C16H15NO. The molecule has 0 fully saturated rings. The van der Waals surface area contributed by atoms with Gasteiger partial charge in [0.1, 0.15) is 6.26 Å². The van der Waals surface area contributed by atoms with Crippen molar-refractivity contribution in [2.75, 3.05) is 4.90 Å². The maximum absolute atomic E-state index is 5.51. The standard InChI is InChI=1S/C16H15NO/c1-12-7-8-14(11-13(12)2)17-9-10-18-16-6-4-3-5-15(16)17/h3-11H,1-2H3. The normalized spacial score (nSPS) is 13.1. The number of hydrogen-bond acceptors (Lipinski definition) is 2. The summed E-state index contributed by atoms with van der Waals surface area (Å²) in [4.78, 5) is 2.14. The number of fused-ring (bicyclic) bond motifs is 1. The Morgan fingerprint density at radius 2 is 1.78 bits per heavy atom. The molecule has 2 heteroatoms. The predicted molar refractivity (Wildman–Crippen MR) is 74.3 cm³/mol. The van der Waals surface area contributed by atoms with Crippen LogP contribution >= 0.6 is 0 Å². The molecule has 18 heavy (non-hydrogen) atoms. The lowest BCUT2D eigenvalue weighted by Crippen LogP contribution is -2.13. The van der Waals surface area contributed by atoms with Gasteiger partial charge in [0, 0.05) is 11.9 Å². The van der Waals surface area contributed by atoms with Crippen LogP contribution in [0.5, 0.6) is 5.75 Å². The van der Waals surface area contributed by atoms with Gasteiger partial charge in [-0.15, -0.1) is 0 Å². The number of anilines is 2. The molecule has 0 spiro atoms. The third-order valence-electron chi connectivity index (χ3n) is 3.30. The van der Waals surface area contributed by atoms with Crippen LogP contribution in [-0.4, -0.2) is 0 Å². The van der Waals surface area contributed by atoms with Gasteiger partial charge < -0.3 is 9.64 Å². The number of ether oxygens (including phenoxy) is 1. The van der Waals surface area contributed by atoms with Crippen LogP contribution in [-0.2, 0) is 0 Å². The van der Waals surface area contributed by atoms with Crippen molar-refractivity contribution in [3.05, 3.63) is 66.1 Å². The van der Waals surface area contributed by atoms with Crippen molar-refractivity contribution in [2.45, 2.75) is 13.8 Å². The largest absolute Gasteiger partial charge is 0.461 e. The SMILES string of the molecule is Cc1ccc(N2C=COc3ccccc32)cc1C. The van der Waals surface area contributed by atoms with Gasteiger partial charge >= 0.3 is 0 Å². The zero-order valence-corrected chi connectivity index (χ0v) is 10.6. The van der Waals surface area contributed by atoms with Crippen molar-refractivity contribution in [1.29, 1.82) is 0 Å². The number of para-hydroxylation sites is 2. The van der Waals surface area contributed by atoms with Crippen LogP contribution < -0.4 is 9.64 Å². The Labute approximate surface area is 107 Å². The highest BCUT2D eigenvalue weighted by Crippen LogP contribution is 2.37. The third-order valence-corrected chi connectivity index (χ3v) is 3.30. The summed E-state index contributed by atoms with van der Waals surface area (Å²) >= 11 is 0. The van der Waals surface area contributed by atoms with Gasteiger partial charge in [0.25, 0.3) is 0 Å². The third kappa shape index (κ3) is 1.76. The monoisotopic (exact) mass is 237 g/mol. The quantitative estimate of drug-likeness (QED) is 0.733. The lowest BCUT2D eigenvalue weighted by Gasteiger charge is -2.26. The zero-order chi connectivity index (χ0) is 12.5. The van der Waals surface area contributed by atoms with E-state index in [4.69, 9.17) is 4.74 Å². The summed E-state index contributed by atoms with van der Waals surface area (Å²) in [6.45, 7) is 4.26. The molecular weight excluding hydrogens is 222 g/mol. The summed E-state index contributed by atoms with van der Waals surface area (Å²) in [6, 6.07) is 14.5. The highest BCUT2D eigenvalue weighted by atomic mass is 16.5. The second-order valence-corrected chi connectivity index (χ2v) is 4.51. The smallest absolute Gasteiger partial charge is 0.150 e. The van der Waals surface area contributed by atoms with Crippen LogP contribution in [0.1, 0.15) is 11.1 Å². The highest BCUT2D eigenvalue weighted by molar-refractivity contribution is 5.73. The Morgan fingerprint density at radius 1 is 0.944 bits per heavy atom. The van der Waals surface area contributed by atoms with Crippen molar-refractivity contribution < 1.29 is 4.74 Å². The summed E-state index contributed by atoms with van der Waals surface area (Å²) < 4.78 is 5.51. The number of nitrogens with zero attached hydrogens (tertiary/aromatic N) is 1. The first-order valence-corrected chi connectivity index (χ1v) is 6.04. The van der Waals surface area contributed by atoms with Crippen LogP contribution in [0.4, 0.5) is 11.4 Å². The van der Waals surface area contributed by atoms with E-state index in [2.05, 4.69) is 43.0 Å². The second kappa shape index (κ2) is 4.22. The Bertz CT molecular complexity index is 616. The molecule has 0 saturated carbocycles. The fourth-order valence-corrected chi connectivity index (χ4v) is 2.10. The van der Waals surface area contributed by atoms with E-state index in [1.54, 1.807) is 6.26 Å². The van der Waals surface area contributed by atoms with Crippen LogP contribution in [0.3, 0.4) is 0 Å². The van der Waals surface area contributed by atoms with Crippen LogP contribution in [0.2, 0.25) is 0 Å². The van der Waals surface area contributed by atoms with Gasteiger partial charge in [0.05, 0.1) is 5.69 Å². The number of hydrogen-bond donors (Lipinski definition) is 0. The van der Waals surface area contributed by atoms with Crippen molar-refractivity contribution in [2.24, 2.45) is 0 Å². The zero-order valence-electron chi connectivity index (χ0n) is 10.6. The van der Waals surface area contributed by atoms with Gasteiger partial charge in [-0.3, -0.25) is 0 Å². The molecule has 0 unspecified atom stereocenters. The van der Waals surface area contributed by atoms with E-state index in [0.717, 1.165) is 17.1 Å². The van der Waals surface area contributed by atoms with Gasteiger partial charge in [0.15, 0.2) is 5.75 Å². The molecule has 0 aliphatic carbocycles. The fourth-order valence-electron chi connectivity index (χ4n) is 2.10. The molecule has 90 valence electrons. The van der Waals surface area contributed by atoms with E-state index in [1.165, 1.54) is 11.1 Å². The lowest BCUT2D eigenvalue weighted by molar-refractivity contribution is 0.473. The van der Waals surface area contributed by atoms with E-state index in [0.29, 0.717) is 0 Å². The van der Waals surface area contributed by atoms with Crippen LogP contribution in [0.15, 0.2) is 54.9 Å². The van der Waals surface area contributed by atoms with Crippen molar-refractivity contribution >= 4 is 11.4 Å². The Kier molecular flexibility index (Phi) is 2.56. The van der Waals surface area contributed by atoms with Crippen molar-refractivity contribution in [3.8, 4) is 5.75 Å². The van der Waals surface area contributed by atoms with Gasteiger partial charge in [-0.1, -0.05) is 18.2 Å². The molecule has 1 aliphatic rings. The van der Waals surface area contributed by atoms with E-state index >= 15 is 0 Å². The van der Waals surface area contributed by atoms with Gasteiger partial charge in [-0.05, 0) is 49.2 Å². The maximum Gasteiger partial charge on any atom is 0.150 e. The minimum Gasteiger partial charge on any atom is -0.461 e. The molecule has 0 amide bonds.